The number of allylic oxidation sites excluding steroid dienone is 3. The van der Waals surface area contributed by atoms with Crippen LogP contribution in [0.15, 0.2) is 28.5 Å². The summed E-state index contributed by atoms with van der Waals surface area (Å²) in [6.45, 7) is 9.71. The lowest BCUT2D eigenvalue weighted by Gasteiger charge is -2.57. The minimum Gasteiger partial charge on any atom is -0.462 e. The van der Waals surface area contributed by atoms with E-state index >= 15 is 0 Å². The summed E-state index contributed by atoms with van der Waals surface area (Å²) in [7, 11) is 0. The second kappa shape index (κ2) is 7.65. The van der Waals surface area contributed by atoms with Crippen molar-refractivity contribution in [3.8, 4) is 0 Å². The molecule has 6 atom stereocenters. The Morgan fingerprint density at radius 2 is 1.70 bits per heavy atom. The normalized spacial score (nSPS) is 40.4. The van der Waals surface area contributed by atoms with Crippen molar-refractivity contribution in [2.45, 2.75) is 85.7 Å². The minimum absolute atomic E-state index is 0.0483. The molecule has 0 amide bonds. The van der Waals surface area contributed by atoms with Gasteiger partial charge in [-0.2, -0.15) is 0 Å². The third-order valence-electron chi connectivity index (χ3n) is 8.67. The standard InChI is InChI=1S/C25H35NO4/c1-15(26-30-17(3)28)21-8-9-22-20-7-6-18-14-19(29-16(2)27)10-12-24(18,4)23(20)11-13-25(21,22)5/h6,8,19-20,22-23H,7,9-14H2,1-5H3/b26-15-/t19-,20+,22+,23+,24-,25+/m0/s1. The van der Waals surface area contributed by atoms with E-state index < -0.39 is 0 Å². The molecule has 0 N–H and O–H groups in total. The number of carbonyl (C=O) groups excluding carboxylic acids is 2. The van der Waals surface area contributed by atoms with E-state index in [-0.39, 0.29) is 28.9 Å². The molecule has 5 heteroatoms. The molecule has 4 aliphatic carbocycles. The average molecular weight is 414 g/mol. The van der Waals surface area contributed by atoms with Crippen molar-refractivity contribution in [2.75, 3.05) is 0 Å². The summed E-state index contributed by atoms with van der Waals surface area (Å²) in [5.74, 6) is 1.42. The number of fused-ring (bicyclic) bond motifs is 5. The van der Waals surface area contributed by atoms with Crippen molar-refractivity contribution in [1.82, 2.24) is 0 Å². The number of hydrogen-bond acceptors (Lipinski definition) is 5. The number of carbonyl (C=O) groups is 2. The zero-order valence-corrected chi connectivity index (χ0v) is 19.0. The molecule has 0 bridgehead atoms. The van der Waals surface area contributed by atoms with Crippen molar-refractivity contribution in [3.63, 3.8) is 0 Å². The second-order valence-electron chi connectivity index (χ2n) is 10.3. The Balaban J connectivity index is 1.55. The number of hydrogen-bond donors (Lipinski definition) is 0. The van der Waals surface area contributed by atoms with E-state index in [1.807, 2.05) is 6.92 Å². The summed E-state index contributed by atoms with van der Waals surface area (Å²) in [5, 5.41) is 4.10. The summed E-state index contributed by atoms with van der Waals surface area (Å²) in [5.41, 5.74) is 3.96. The van der Waals surface area contributed by atoms with E-state index in [1.54, 1.807) is 0 Å². The molecule has 0 heterocycles. The molecule has 30 heavy (non-hydrogen) atoms. The first-order valence-electron chi connectivity index (χ1n) is 11.4. The lowest BCUT2D eigenvalue weighted by atomic mass is 9.47. The molecular weight excluding hydrogens is 378 g/mol. The van der Waals surface area contributed by atoms with Gasteiger partial charge >= 0.3 is 11.9 Å². The third-order valence-corrected chi connectivity index (χ3v) is 8.67. The zero-order chi connectivity index (χ0) is 21.7. The van der Waals surface area contributed by atoms with Crippen LogP contribution in [0.2, 0.25) is 0 Å². The predicted octanol–water partition coefficient (Wildman–Crippen LogP) is 5.36. The highest BCUT2D eigenvalue weighted by Gasteiger charge is 2.57. The highest BCUT2D eigenvalue weighted by atomic mass is 16.7. The van der Waals surface area contributed by atoms with Gasteiger partial charge < -0.3 is 9.57 Å². The Morgan fingerprint density at radius 1 is 0.967 bits per heavy atom. The first-order valence-corrected chi connectivity index (χ1v) is 11.4. The fourth-order valence-electron chi connectivity index (χ4n) is 7.27. The summed E-state index contributed by atoms with van der Waals surface area (Å²) in [6.07, 6.45) is 12.4. The fourth-order valence-corrected chi connectivity index (χ4v) is 7.27. The van der Waals surface area contributed by atoms with Crippen molar-refractivity contribution >= 4 is 17.7 Å². The van der Waals surface area contributed by atoms with Crippen LogP contribution in [0.3, 0.4) is 0 Å². The van der Waals surface area contributed by atoms with E-state index in [0.717, 1.165) is 44.2 Å². The number of nitrogens with zero attached hydrogens (tertiary/aromatic N) is 1. The maximum Gasteiger partial charge on any atom is 0.331 e. The highest BCUT2D eigenvalue weighted by molar-refractivity contribution is 5.99. The van der Waals surface area contributed by atoms with Gasteiger partial charge in [-0.1, -0.05) is 36.7 Å². The van der Waals surface area contributed by atoms with E-state index in [2.05, 4.69) is 31.2 Å². The van der Waals surface area contributed by atoms with E-state index in [4.69, 9.17) is 9.57 Å². The van der Waals surface area contributed by atoms with Crippen molar-refractivity contribution in [2.24, 2.45) is 33.7 Å². The molecule has 0 aliphatic heterocycles. The number of oxime groups is 1. The largest absolute Gasteiger partial charge is 0.462 e. The van der Waals surface area contributed by atoms with Crippen LogP contribution in [0.4, 0.5) is 0 Å². The predicted molar refractivity (Wildman–Crippen MR) is 116 cm³/mol. The van der Waals surface area contributed by atoms with Gasteiger partial charge in [0.1, 0.15) is 6.10 Å². The average Bonchev–Trinajstić information content (AvgIpc) is 3.03. The number of esters is 1. The zero-order valence-electron chi connectivity index (χ0n) is 19.0. The molecule has 0 spiro atoms. The van der Waals surface area contributed by atoms with Gasteiger partial charge in [-0.3, -0.25) is 4.79 Å². The van der Waals surface area contributed by atoms with Crippen LogP contribution in [0, 0.1) is 28.6 Å². The minimum atomic E-state index is -0.374. The van der Waals surface area contributed by atoms with Crippen molar-refractivity contribution < 1.29 is 19.2 Å². The van der Waals surface area contributed by atoms with Gasteiger partial charge in [0.05, 0.1) is 5.71 Å². The maximum atomic E-state index is 11.4. The van der Waals surface area contributed by atoms with E-state index in [9.17, 15) is 9.59 Å². The van der Waals surface area contributed by atoms with Gasteiger partial charge in [-0.05, 0) is 79.6 Å². The Morgan fingerprint density at radius 3 is 2.40 bits per heavy atom. The molecule has 0 saturated heterocycles. The smallest absolute Gasteiger partial charge is 0.331 e. The molecule has 0 unspecified atom stereocenters. The van der Waals surface area contributed by atoms with Crippen LogP contribution >= 0.6 is 0 Å². The molecular formula is C25H35NO4. The van der Waals surface area contributed by atoms with Gasteiger partial charge in [0.15, 0.2) is 0 Å². The summed E-state index contributed by atoms with van der Waals surface area (Å²) >= 11 is 0. The van der Waals surface area contributed by atoms with Gasteiger partial charge in [-0.25, -0.2) is 4.79 Å². The van der Waals surface area contributed by atoms with Crippen LogP contribution < -0.4 is 0 Å². The third kappa shape index (κ3) is 3.44. The fraction of sp³-hybridized carbons (Fsp3) is 0.720. The number of ether oxygens (including phenoxy) is 1. The first-order chi connectivity index (χ1) is 14.1. The first kappa shape index (κ1) is 21.3. The number of rotatable bonds is 3. The Labute approximate surface area is 179 Å². The molecule has 2 fully saturated rings. The van der Waals surface area contributed by atoms with Gasteiger partial charge in [0.2, 0.25) is 0 Å². The van der Waals surface area contributed by atoms with Gasteiger partial charge in [-0.15, -0.1) is 0 Å². The molecule has 0 aromatic rings. The second-order valence-corrected chi connectivity index (χ2v) is 10.3. The highest BCUT2D eigenvalue weighted by Crippen LogP contribution is 2.65. The molecule has 4 rings (SSSR count). The van der Waals surface area contributed by atoms with Crippen LogP contribution in [0.5, 0.6) is 0 Å². The molecule has 0 aromatic heterocycles. The maximum absolute atomic E-state index is 11.4. The lowest BCUT2D eigenvalue weighted by molar-refractivity contribution is -0.148. The van der Waals surface area contributed by atoms with Crippen LogP contribution in [0.25, 0.3) is 0 Å². The topological polar surface area (TPSA) is 65.0 Å². The van der Waals surface area contributed by atoms with E-state index in [1.165, 1.54) is 31.4 Å². The SMILES string of the molecule is CC(=O)O/N=C(/C)C1=CC[C@@H]2[C@H]3CC=C4C[C@@H](OC(C)=O)CC[C@]4(C)[C@@H]3CC[C@]12C. The molecule has 2 saturated carbocycles. The van der Waals surface area contributed by atoms with E-state index in [0.29, 0.717) is 17.8 Å². The van der Waals surface area contributed by atoms with Crippen LogP contribution in [-0.4, -0.2) is 23.8 Å². The molecule has 164 valence electrons. The summed E-state index contributed by atoms with van der Waals surface area (Å²) in [6, 6.07) is 0. The Bertz CT molecular complexity index is 840. The quantitative estimate of drug-likeness (QED) is 0.205. The molecule has 0 aromatic carbocycles. The molecule has 4 aliphatic rings. The molecule has 5 nitrogen and oxygen atoms in total. The molecule has 0 radical (unpaired) electrons. The Kier molecular flexibility index (Phi) is 5.44. The summed E-state index contributed by atoms with van der Waals surface area (Å²) in [4.78, 5) is 27.5. The van der Waals surface area contributed by atoms with Crippen LogP contribution in [0.1, 0.15) is 79.6 Å². The summed E-state index contributed by atoms with van der Waals surface area (Å²) < 4.78 is 5.55. The van der Waals surface area contributed by atoms with Gasteiger partial charge in [0, 0.05) is 20.3 Å². The monoisotopic (exact) mass is 413 g/mol. The van der Waals surface area contributed by atoms with Crippen molar-refractivity contribution in [1.29, 1.82) is 0 Å². The Hall–Kier alpha value is -1.91. The van der Waals surface area contributed by atoms with Crippen LogP contribution in [-0.2, 0) is 19.2 Å². The lowest BCUT2D eigenvalue weighted by Crippen LogP contribution is -2.50. The van der Waals surface area contributed by atoms with Gasteiger partial charge in [0.25, 0.3) is 0 Å². The van der Waals surface area contributed by atoms with Crippen molar-refractivity contribution in [3.05, 3.63) is 23.3 Å².